The molecule has 11 nitrogen and oxygen atoms in total. The number of Topliss-reactive ketones (excluding diaryl/α,β-unsaturated/α-hetero) is 1. The first kappa shape index (κ1) is 34.4. The summed E-state index contributed by atoms with van der Waals surface area (Å²) in [7, 11) is 0.449. The Kier molecular flexibility index (Phi) is 14.3. The van der Waals surface area contributed by atoms with E-state index >= 15 is 0 Å². The number of carbonyl (C=O) groups is 2. The Bertz CT molecular complexity index is 1290. The maximum absolute atomic E-state index is 11.7. The molecule has 0 atom stereocenters. The van der Waals surface area contributed by atoms with Crippen molar-refractivity contribution in [3.8, 4) is 0 Å². The van der Waals surface area contributed by atoms with Crippen LogP contribution < -0.4 is 0 Å². The number of pyridine rings is 2. The highest BCUT2D eigenvalue weighted by atomic mass is 35.5. The molecular weight excluding hydrogens is 602 g/mol. The van der Waals surface area contributed by atoms with Crippen molar-refractivity contribution >= 4 is 78.2 Å². The van der Waals surface area contributed by atoms with Crippen LogP contribution in [0.15, 0.2) is 24.3 Å². The van der Waals surface area contributed by atoms with Crippen LogP contribution in [0, 0.1) is 0 Å². The van der Waals surface area contributed by atoms with E-state index in [1.54, 1.807) is 0 Å². The second-order valence-corrected chi connectivity index (χ2v) is 12.8. The molecule has 0 unspecified atom stereocenters. The first-order valence-electron chi connectivity index (χ1n) is 9.36. The van der Waals surface area contributed by atoms with Gasteiger partial charge in [0.15, 0.2) is 5.78 Å². The highest BCUT2D eigenvalue weighted by molar-refractivity contribution is 7.89. The predicted octanol–water partition coefficient (Wildman–Crippen LogP) is 3.15. The van der Waals surface area contributed by atoms with E-state index in [1.807, 2.05) is 0 Å². The highest BCUT2D eigenvalue weighted by Crippen LogP contribution is 2.18. The van der Waals surface area contributed by atoms with Gasteiger partial charge >= 0.3 is 5.97 Å². The minimum atomic E-state index is -3.61. The van der Waals surface area contributed by atoms with Crippen molar-refractivity contribution in [3.05, 3.63) is 56.0 Å². The number of halogens is 4. The van der Waals surface area contributed by atoms with E-state index in [0.29, 0.717) is 0 Å². The van der Waals surface area contributed by atoms with Crippen molar-refractivity contribution in [2.45, 2.75) is 0 Å². The predicted molar refractivity (Wildman–Crippen MR) is 140 cm³/mol. The molecule has 2 aromatic heterocycles. The van der Waals surface area contributed by atoms with Crippen LogP contribution >= 0.6 is 46.4 Å². The number of ketones is 1. The van der Waals surface area contributed by atoms with E-state index in [2.05, 4.69) is 14.7 Å². The van der Waals surface area contributed by atoms with Crippen LogP contribution in [0.3, 0.4) is 0 Å². The van der Waals surface area contributed by atoms with Crippen LogP contribution in [-0.4, -0.2) is 94.5 Å². The first-order valence-corrected chi connectivity index (χ1v) is 14.3. The lowest BCUT2D eigenvalue weighted by Gasteiger charge is -2.10. The molecule has 0 aliphatic rings. The van der Waals surface area contributed by atoms with Gasteiger partial charge in [0.25, 0.3) is 0 Å². The molecule has 0 aromatic carbocycles. The highest BCUT2D eigenvalue weighted by Gasteiger charge is 2.22. The quantitative estimate of drug-likeness (QED) is 0.268. The van der Waals surface area contributed by atoms with Crippen molar-refractivity contribution in [3.63, 3.8) is 0 Å². The molecule has 2 rings (SSSR count). The topological polar surface area (TPSA) is 144 Å². The number of aromatic nitrogens is 2. The fourth-order valence-electron chi connectivity index (χ4n) is 1.67. The minimum absolute atomic E-state index is 0.0430. The van der Waals surface area contributed by atoms with E-state index in [9.17, 15) is 26.4 Å². The zero-order chi connectivity index (χ0) is 28.4. The molecule has 202 valence electrons. The molecule has 0 N–H and O–H groups in total. The molecule has 36 heavy (non-hydrogen) atoms. The summed E-state index contributed by atoms with van der Waals surface area (Å²) in [6.07, 6.45) is 1.16. The normalized spacial score (nSPS) is 11.2. The number of sulfonamides is 2. The SMILES string of the molecule is CN(C)S(=O)(=O)CC(=O)c1ccc(Cl)nc1Cl.CN(C)S(C)(=O)=O.COC(=O)c1ccc(Cl)nc1Cl. The van der Waals surface area contributed by atoms with Crippen LogP contribution in [-0.2, 0) is 24.8 Å². The molecule has 0 spiro atoms. The maximum Gasteiger partial charge on any atom is 0.341 e. The Morgan fingerprint density at radius 1 is 0.806 bits per heavy atom. The molecule has 0 amide bonds. The van der Waals surface area contributed by atoms with Gasteiger partial charge in [-0.05, 0) is 24.3 Å². The number of hydrogen-bond donors (Lipinski definition) is 0. The average molecular weight is 626 g/mol. The van der Waals surface area contributed by atoms with Gasteiger partial charge in [0, 0.05) is 28.2 Å². The Balaban J connectivity index is 0.000000561. The standard InChI is InChI=1S/C9H10Cl2N2O3S.C7H5Cl2NO2.C3H9NO2S/c1-13(2)17(15,16)5-7(14)6-3-4-8(10)12-9(6)11;1-12-7(11)4-2-3-5(8)10-6(4)9;1-4(2)7(3,5)6/h3-4H,5H2,1-2H3;2-3H,1H3;1-3H3. The number of hydrogen-bond acceptors (Lipinski definition) is 9. The molecule has 17 heteroatoms. The van der Waals surface area contributed by atoms with Crippen LogP contribution in [0.4, 0.5) is 0 Å². The monoisotopic (exact) mass is 624 g/mol. The number of ether oxygens (including phenoxy) is 1. The van der Waals surface area contributed by atoms with Crippen LogP contribution in [0.25, 0.3) is 0 Å². The van der Waals surface area contributed by atoms with Gasteiger partial charge in [-0.15, -0.1) is 0 Å². The third-order valence-corrected chi connectivity index (χ3v) is 7.93. The largest absolute Gasteiger partial charge is 0.465 e. The summed E-state index contributed by atoms with van der Waals surface area (Å²) in [6.45, 7) is 0. The summed E-state index contributed by atoms with van der Waals surface area (Å²) in [5.41, 5.74) is 0.255. The van der Waals surface area contributed by atoms with Gasteiger partial charge in [-0.25, -0.2) is 40.2 Å². The van der Waals surface area contributed by atoms with Gasteiger partial charge in [0.05, 0.1) is 24.5 Å². The summed E-state index contributed by atoms with van der Waals surface area (Å²) in [5, 5.41) is 0.334. The van der Waals surface area contributed by atoms with E-state index < -0.39 is 37.6 Å². The number of nitrogens with zero attached hydrogens (tertiary/aromatic N) is 4. The van der Waals surface area contributed by atoms with Crippen LogP contribution in [0.2, 0.25) is 20.6 Å². The van der Waals surface area contributed by atoms with Crippen molar-refractivity contribution in [2.75, 3.05) is 47.3 Å². The number of carbonyl (C=O) groups excluding carboxylic acids is 2. The zero-order valence-electron chi connectivity index (χ0n) is 20.0. The third-order valence-electron chi connectivity index (χ3n) is 3.87. The van der Waals surface area contributed by atoms with Crippen molar-refractivity contribution < 1.29 is 31.2 Å². The lowest BCUT2D eigenvalue weighted by Crippen LogP contribution is -2.29. The summed E-state index contributed by atoms with van der Waals surface area (Å²) in [6, 6.07) is 5.66. The Labute approximate surface area is 230 Å². The number of rotatable bonds is 6. The molecule has 0 saturated carbocycles. The van der Waals surface area contributed by atoms with Gasteiger partial charge in [-0.2, -0.15) is 0 Å². The lowest BCUT2D eigenvalue weighted by atomic mass is 10.2. The van der Waals surface area contributed by atoms with Crippen molar-refractivity contribution in [1.29, 1.82) is 0 Å². The van der Waals surface area contributed by atoms with Gasteiger partial charge < -0.3 is 4.74 Å². The molecule has 0 saturated heterocycles. The summed E-state index contributed by atoms with van der Waals surface area (Å²) >= 11 is 22.4. The summed E-state index contributed by atoms with van der Waals surface area (Å²) < 4.78 is 50.1. The van der Waals surface area contributed by atoms with E-state index in [0.717, 1.165) is 14.9 Å². The molecule has 0 fully saturated rings. The molecule has 2 heterocycles. The van der Waals surface area contributed by atoms with E-state index in [1.165, 1.54) is 59.6 Å². The fourth-order valence-corrected chi connectivity index (χ4v) is 3.28. The minimum Gasteiger partial charge on any atom is -0.465 e. The van der Waals surface area contributed by atoms with Crippen LogP contribution in [0.5, 0.6) is 0 Å². The molecule has 2 aromatic rings. The summed E-state index contributed by atoms with van der Waals surface area (Å²) in [4.78, 5) is 30.0. The Morgan fingerprint density at radius 3 is 1.50 bits per heavy atom. The molecule has 0 bridgehead atoms. The number of esters is 1. The fraction of sp³-hybridized carbons (Fsp3) is 0.368. The van der Waals surface area contributed by atoms with Gasteiger partial charge in [-0.3, -0.25) is 4.79 Å². The van der Waals surface area contributed by atoms with Crippen molar-refractivity contribution in [2.24, 2.45) is 0 Å². The first-order chi connectivity index (χ1) is 16.3. The Hall–Kier alpha value is -1.58. The zero-order valence-corrected chi connectivity index (χ0v) is 24.6. The molecule has 0 aliphatic carbocycles. The smallest absolute Gasteiger partial charge is 0.341 e. The summed E-state index contributed by atoms with van der Waals surface area (Å²) in [5.74, 6) is -1.79. The van der Waals surface area contributed by atoms with E-state index in [-0.39, 0.29) is 31.7 Å². The lowest BCUT2D eigenvalue weighted by molar-refractivity contribution is 0.0600. The third kappa shape index (κ3) is 12.1. The number of methoxy groups -OCH3 is 1. The second kappa shape index (κ2) is 15.0. The van der Waals surface area contributed by atoms with Crippen molar-refractivity contribution in [1.82, 2.24) is 18.6 Å². The average Bonchev–Trinajstić information content (AvgIpc) is 2.73. The van der Waals surface area contributed by atoms with Gasteiger partial charge in [0.1, 0.15) is 26.4 Å². The molecule has 0 aliphatic heterocycles. The van der Waals surface area contributed by atoms with Crippen LogP contribution in [0.1, 0.15) is 20.7 Å². The van der Waals surface area contributed by atoms with Gasteiger partial charge in [0.2, 0.25) is 20.0 Å². The molecule has 0 radical (unpaired) electrons. The van der Waals surface area contributed by atoms with E-state index in [4.69, 9.17) is 46.4 Å². The maximum atomic E-state index is 11.7. The second-order valence-electron chi connectivity index (χ2n) is 6.94. The molecular formula is C19H24Cl4N4O7S2. The van der Waals surface area contributed by atoms with Gasteiger partial charge in [-0.1, -0.05) is 46.4 Å². The Morgan fingerprint density at radius 2 is 1.19 bits per heavy atom.